The maximum atomic E-state index is 11.3. The summed E-state index contributed by atoms with van der Waals surface area (Å²) in [6.45, 7) is 3.52. The molecule has 5 heteroatoms. The summed E-state index contributed by atoms with van der Waals surface area (Å²) in [6.07, 6.45) is 3.44. The van der Waals surface area contributed by atoms with E-state index in [0.717, 1.165) is 31.6 Å². The van der Waals surface area contributed by atoms with Crippen molar-refractivity contribution in [3.63, 3.8) is 0 Å². The Morgan fingerprint density at radius 2 is 2.53 bits per heavy atom. The number of hydrogen-bond acceptors (Lipinski definition) is 3. The van der Waals surface area contributed by atoms with Crippen LogP contribution < -0.4 is 11.1 Å². The molecule has 1 aromatic rings. The zero-order valence-electron chi connectivity index (χ0n) is 8.86. The topological polar surface area (TPSA) is 72.9 Å². The van der Waals surface area contributed by atoms with E-state index in [4.69, 9.17) is 5.73 Å². The molecule has 1 atom stereocenters. The van der Waals surface area contributed by atoms with Crippen LogP contribution in [0.25, 0.3) is 0 Å². The number of hydrogen-bond donors (Lipinski definition) is 2. The minimum absolute atomic E-state index is 0.148. The first-order valence-electron chi connectivity index (χ1n) is 5.24. The lowest BCUT2D eigenvalue weighted by atomic mass is 10.0. The average Bonchev–Trinajstić information content (AvgIpc) is 2.74. The van der Waals surface area contributed by atoms with E-state index in [2.05, 4.69) is 10.4 Å². The fourth-order valence-corrected chi connectivity index (χ4v) is 1.88. The average molecular weight is 208 g/mol. The van der Waals surface area contributed by atoms with Gasteiger partial charge in [-0.25, -0.2) is 0 Å². The molecule has 1 aliphatic rings. The number of anilines is 1. The van der Waals surface area contributed by atoms with Gasteiger partial charge in [-0.1, -0.05) is 0 Å². The van der Waals surface area contributed by atoms with Crippen LogP contribution in [0.2, 0.25) is 0 Å². The van der Waals surface area contributed by atoms with Gasteiger partial charge < -0.3 is 11.1 Å². The zero-order valence-corrected chi connectivity index (χ0v) is 8.86. The normalized spacial score (nSPS) is 20.6. The molecular formula is C10H16N4O. The Bertz CT molecular complexity index is 371. The molecule has 1 saturated heterocycles. The van der Waals surface area contributed by atoms with Crippen molar-refractivity contribution in [1.29, 1.82) is 0 Å². The van der Waals surface area contributed by atoms with Crippen molar-refractivity contribution >= 4 is 11.6 Å². The molecule has 0 bridgehead atoms. The number of carbonyl (C=O) groups excluding carboxylic acids is 1. The van der Waals surface area contributed by atoms with E-state index >= 15 is 0 Å². The summed E-state index contributed by atoms with van der Waals surface area (Å²) >= 11 is 0. The van der Waals surface area contributed by atoms with Crippen LogP contribution in [-0.4, -0.2) is 22.2 Å². The maximum absolute atomic E-state index is 11.3. The second kappa shape index (κ2) is 3.92. The highest BCUT2D eigenvalue weighted by Gasteiger charge is 2.23. The monoisotopic (exact) mass is 208 g/mol. The van der Waals surface area contributed by atoms with E-state index in [0.29, 0.717) is 5.69 Å². The number of nitrogens with zero attached hydrogens (tertiary/aromatic N) is 2. The van der Waals surface area contributed by atoms with Gasteiger partial charge in [0.15, 0.2) is 0 Å². The van der Waals surface area contributed by atoms with Gasteiger partial charge in [0.1, 0.15) is 0 Å². The van der Waals surface area contributed by atoms with Gasteiger partial charge in [-0.15, -0.1) is 0 Å². The molecule has 82 valence electrons. The lowest BCUT2D eigenvalue weighted by Gasteiger charge is -2.08. The quantitative estimate of drug-likeness (QED) is 0.750. The molecule has 0 aliphatic carbocycles. The molecule has 2 heterocycles. The predicted octanol–water partition coefficient (Wildman–Crippen LogP) is 0.300. The summed E-state index contributed by atoms with van der Waals surface area (Å²) in [7, 11) is 0. The summed E-state index contributed by atoms with van der Waals surface area (Å²) < 4.78 is 1.86. The summed E-state index contributed by atoms with van der Waals surface area (Å²) in [5.41, 5.74) is 7.38. The summed E-state index contributed by atoms with van der Waals surface area (Å²) in [5, 5.41) is 6.99. The lowest BCUT2D eigenvalue weighted by molar-refractivity contribution is -0.122. The molecule has 0 spiro atoms. The molecule has 1 fully saturated rings. The van der Waals surface area contributed by atoms with Crippen LogP contribution in [0.4, 0.5) is 5.69 Å². The van der Waals surface area contributed by atoms with Crippen LogP contribution in [-0.2, 0) is 11.3 Å². The largest absolute Gasteiger partial charge is 0.396 e. The molecule has 1 unspecified atom stereocenters. The molecule has 1 amide bonds. The second-order valence-electron chi connectivity index (χ2n) is 3.97. The fraction of sp³-hybridized carbons (Fsp3) is 0.600. The molecule has 5 nitrogen and oxygen atoms in total. The van der Waals surface area contributed by atoms with Crippen LogP contribution >= 0.6 is 0 Å². The third-order valence-electron chi connectivity index (χ3n) is 2.99. The Kier molecular flexibility index (Phi) is 2.62. The van der Waals surface area contributed by atoms with Gasteiger partial charge in [-0.3, -0.25) is 9.48 Å². The van der Waals surface area contributed by atoms with Crippen molar-refractivity contribution in [2.75, 3.05) is 12.3 Å². The third kappa shape index (κ3) is 1.95. The second-order valence-corrected chi connectivity index (χ2v) is 3.97. The first-order valence-corrected chi connectivity index (χ1v) is 5.24. The standard InChI is InChI=1S/C10H16N4O/c1-7-9(11)6-13-14(7)5-3-8-2-4-12-10(8)15/h6,8H,2-5,11H2,1H3,(H,12,15). The van der Waals surface area contributed by atoms with E-state index in [1.54, 1.807) is 6.20 Å². The highest BCUT2D eigenvalue weighted by atomic mass is 16.2. The first kappa shape index (κ1) is 10.0. The van der Waals surface area contributed by atoms with Crippen molar-refractivity contribution in [3.05, 3.63) is 11.9 Å². The highest BCUT2D eigenvalue weighted by molar-refractivity contribution is 5.80. The molecule has 1 aliphatic heterocycles. The van der Waals surface area contributed by atoms with Gasteiger partial charge in [0.25, 0.3) is 0 Å². The van der Waals surface area contributed by atoms with Gasteiger partial charge in [-0.05, 0) is 19.8 Å². The van der Waals surface area contributed by atoms with Crippen molar-refractivity contribution in [2.45, 2.75) is 26.3 Å². The Labute approximate surface area is 88.6 Å². The van der Waals surface area contributed by atoms with Crippen molar-refractivity contribution < 1.29 is 4.79 Å². The Morgan fingerprint density at radius 3 is 3.07 bits per heavy atom. The molecule has 2 rings (SSSR count). The molecule has 0 saturated carbocycles. The van der Waals surface area contributed by atoms with Gasteiger partial charge in [0, 0.05) is 19.0 Å². The number of nitrogens with one attached hydrogen (secondary N) is 1. The first-order chi connectivity index (χ1) is 7.18. The van der Waals surface area contributed by atoms with Gasteiger partial charge in [-0.2, -0.15) is 5.10 Å². The number of nitrogens with two attached hydrogens (primary N) is 1. The van der Waals surface area contributed by atoms with Crippen molar-refractivity contribution in [1.82, 2.24) is 15.1 Å². The minimum atomic E-state index is 0.148. The number of aryl methyl sites for hydroxylation is 1. The number of rotatable bonds is 3. The van der Waals surface area contributed by atoms with E-state index in [9.17, 15) is 4.79 Å². The van der Waals surface area contributed by atoms with Gasteiger partial charge in [0.2, 0.25) is 5.91 Å². The summed E-state index contributed by atoms with van der Waals surface area (Å²) in [6, 6.07) is 0. The number of carbonyl (C=O) groups is 1. The maximum Gasteiger partial charge on any atom is 0.223 e. The van der Waals surface area contributed by atoms with Crippen LogP contribution in [0.3, 0.4) is 0 Å². The number of aromatic nitrogens is 2. The van der Waals surface area contributed by atoms with Gasteiger partial charge >= 0.3 is 0 Å². The van der Waals surface area contributed by atoms with Crippen LogP contribution in [0, 0.1) is 12.8 Å². The van der Waals surface area contributed by atoms with E-state index in [1.807, 2.05) is 11.6 Å². The molecule has 0 radical (unpaired) electrons. The SMILES string of the molecule is Cc1c(N)cnn1CCC1CCNC1=O. The van der Waals surface area contributed by atoms with Crippen molar-refractivity contribution in [3.8, 4) is 0 Å². The van der Waals surface area contributed by atoms with E-state index < -0.39 is 0 Å². The van der Waals surface area contributed by atoms with Crippen LogP contribution in [0.1, 0.15) is 18.5 Å². The van der Waals surface area contributed by atoms with E-state index in [-0.39, 0.29) is 11.8 Å². The van der Waals surface area contributed by atoms with Crippen LogP contribution in [0.15, 0.2) is 6.20 Å². The predicted molar refractivity (Wildman–Crippen MR) is 57.1 cm³/mol. The third-order valence-corrected chi connectivity index (χ3v) is 2.99. The number of amides is 1. The van der Waals surface area contributed by atoms with Crippen molar-refractivity contribution in [2.24, 2.45) is 5.92 Å². The molecular weight excluding hydrogens is 192 g/mol. The Balaban J connectivity index is 1.93. The fourth-order valence-electron chi connectivity index (χ4n) is 1.88. The molecule has 1 aromatic heterocycles. The number of nitrogen functional groups attached to an aromatic ring is 1. The smallest absolute Gasteiger partial charge is 0.223 e. The van der Waals surface area contributed by atoms with Gasteiger partial charge in [0.05, 0.1) is 17.6 Å². The lowest BCUT2D eigenvalue weighted by Crippen LogP contribution is -2.20. The highest BCUT2D eigenvalue weighted by Crippen LogP contribution is 2.16. The van der Waals surface area contributed by atoms with E-state index in [1.165, 1.54) is 0 Å². The minimum Gasteiger partial charge on any atom is -0.396 e. The molecule has 3 N–H and O–H groups in total. The summed E-state index contributed by atoms with van der Waals surface area (Å²) in [4.78, 5) is 11.3. The summed E-state index contributed by atoms with van der Waals surface area (Å²) in [5.74, 6) is 0.322. The molecule has 0 aromatic carbocycles. The Morgan fingerprint density at radius 1 is 1.73 bits per heavy atom. The van der Waals surface area contributed by atoms with Crippen LogP contribution in [0.5, 0.6) is 0 Å². The molecule has 15 heavy (non-hydrogen) atoms. The zero-order chi connectivity index (χ0) is 10.8. The Hall–Kier alpha value is -1.52.